The van der Waals surface area contributed by atoms with E-state index in [0.29, 0.717) is 5.56 Å². The van der Waals surface area contributed by atoms with Gasteiger partial charge in [-0.3, -0.25) is 9.52 Å². The number of aryl methyl sites for hydroxylation is 1. The van der Waals surface area contributed by atoms with E-state index in [1.165, 1.54) is 24.3 Å². The zero-order valence-corrected chi connectivity index (χ0v) is 16.1. The summed E-state index contributed by atoms with van der Waals surface area (Å²) in [6.45, 7) is 7.11. The van der Waals surface area contributed by atoms with Gasteiger partial charge in [0.2, 0.25) is 0 Å². The van der Waals surface area contributed by atoms with E-state index in [9.17, 15) is 18.3 Å². The van der Waals surface area contributed by atoms with E-state index in [2.05, 4.69) is 10.0 Å². The summed E-state index contributed by atoms with van der Waals surface area (Å²) in [7, 11) is -3.87. The number of carbonyl (C=O) groups excluding carboxylic acids is 1. The van der Waals surface area contributed by atoms with Crippen LogP contribution in [-0.4, -0.2) is 25.0 Å². The Balaban J connectivity index is 2.43. The van der Waals surface area contributed by atoms with Crippen LogP contribution >= 0.6 is 0 Å². The third-order valence-corrected chi connectivity index (χ3v) is 4.96. The molecule has 0 fully saturated rings. The van der Waals surface area contributed by atoms with Crippen molar-refractivity contribution in [1.82, 2.24) is 5.32 Å². The van der Waals surface area contributed by atoms with Crippen LogP contribution < -0.4 is 10.0 Å². The predicted octanol–water partition coefficient (Wildman–Crippen LogP) is 2.82. The maximum absolute atomic E-state index is 12.7. The van der Waals surface area contributed by atoms with Crippen molar-refractivity contribution in [2.24, 2.45) is 0 Å². The van der Waals surface area contributed by atoms with Crippen LogP contribution in [0, 0.1) is 6.92 Å². The van der Waals surface area contributed by atoms with Crippen LogP contribution in [0.4, 0.5) is 5.69 Å². The zero-order valence-electron chi connectivity index (χ0n) is 15.3. The van der Waals surface area contributed by atoms with E-state index in [4.69, 9.17) is 0 Å². The molecule has 0 aliphatic rings. The van der Waals surface area contributed by atoms with Crippen molar-refractivity contribution in [2.75, 3.05) is 4.72 Å². The normalized spacial score (nSPS) is 11.9. The van der Waals surface area contributed by atoms with Crippen LogP contribution in [0.15, 0.2) is 47.4 Å². The van der Waals surface area contributed by atoms with Crippen LogP contribution in [0.1, 0.15) is 42.3 Å². The second kappa shape index (κ2) is 7.47. The molecule has 0 heterocycles. The molecular weight excluding hydrogens is 352 g/mol. The van der Waals surface area contributed by atoms with E-state index in [0.717, 1.165) is 5.56 Å². The lowest BCUT2D eigenvalue weighted by Gasteiger charge is -2.22. The van der Waals surface area contributed by atoms with Crippen molar-refractivity contribution in [3.63, 3.8) is 0 Å². The Hall–Kier alpha value is -2.38. The quantitative estimate of drug-likeness (QED) is 0.748. The molecule has 0 saturated carbocycles. The third kappa shape index (κ3) is 5.06. The fraction of sp³-hybridized carbons (Fsp3) is 0.316. The summed E-state index contributed by atoms with van der Waals surface area (Å²) >= 11 is 0. The molecule has 0 saturated heterocycles. The number of sulfonamides is 1. The van der Waals surface area contributed by atoms with Gasteiger partial charge in [0, 0.05) is 5.54 Å². The van der Waals surface area contributed by atoms with Gasteiger partial charge in [0.1, 0.15) is 0 Å². The number of rotatable bonds is 5. The summed E-state index contributed by atoms with van der Waals surface area (Å²) in [5, 5.41) is 12.2. The maximum Gasteiger partial charge on any atom is 0.261 e. The van der Waals surface area contributed by atoms with Crippen molar-refractivity contribution in [3.8, 4) is 0 Å². The van der Waals surface area contributed by atoms with E-state index < -0.39 is 21.5 Å². The number of anilines is 1. The highest BCUT2D eigenvalue weighted by Crippen LogP contribution is 2.23. The van der Waals surface area contributed by atoms with Crippen LogP contribution in [0.2, 0.25) is 0 Å². The average molecular weight is 376 g/mol. The Kier molecular flexibility index (Phi) is 5.73. The van der Waals surface area contributed by atoms with Crippen molar-refractivity contribution < 1.29 is 18.3 Å². The van der Waals surface area contributed by atoms with Crippen molar-refractivity contribution in [3.05, 3.63) is 59.2 Å². The Morgan fingerprint density at radius 2 is 1.69 bits per heavy atom. The Morgan fingerprint density at radius 1 is 1.08 bits per heavy atom. The number of carbonyl (C=O) groups is 1. The first-order valence-electron chi connectivity index (χ1n) is 8.17. The van der Waals surface area contributed by atoms with E-state index in [1.54, 1.807) is 18.2 Å². The summed E-state index contributed by atoms with van der Waals surface area (Å²) in [6, 6.07) is 11.0. The number of hydrogen-bond donors (Lipinski definition) is 3. The second-order valence-corrected chi connectivity index (χ2v) is 8.84. The van der Waals surface area contributed by atoms with Crippen molar-refractivity contribution in [2.45, 2.75) is 44.7 Å². The van der Waals surface area contributed by atoms with Gasteiger partial charge in [-0.05, 0) is 57.5 Å². The molecule has 2 aromatic carbocycles. The second-order valence-electron chi connectivity index (χ2n) is 7.16. The topological polar surface area (TPSA) is 95.5 Å². The highest BCUT2D eigenvalue weighted by Gasteiger charge is 2.22. The number of amides is 1. The molecule has 3 N–H and O–H groups in total. The van der Waals surface area contributed by atoms with Gasteiger partial charge in [-0.1, -0.05) is 23.8 Å². The smallest absolute Gasteiger partial charge is 0.261 e. The highest BCUT2D eigenvalue weighted by molar-refractivity contribution is 7.92. The summed E-state index contributed by atoms with van der Waals surface area (Å²) in [4.78, 5) is 12.6. The molecule has 26 heavy (non-hydrogen) atoms. The van der Waals surface area contributed by atoms with Crippen molar-refractivity contribution in [1.29, 1.82) is 0 Å². The number of benzene rings is 2. The number of aliphatic hydroxyl groups is 1. The van der Waals surface area contributed by atoms with Gasteiger partial charge >= 0.3 is 0 Å². The Morgan fingerprint density at radius 3 is 2.23 bits per heavy atom. The summed E-state index contributed by atoms with van der Waals surface area (Å²) in [5.41, 5.74) is 1.28. The van der Waals surface area contributed by atoms with Gasteiger partial charge in [-0.2, -0.15) is 0 Å². The van der Waals surface area contributed by atoms with Crippen molar-refractivity contribution >= 4 is 21.6 Å². The highest BCUT2D eigenvalue weighted by atomic mass is 32.2. The van der Waals surface area contributed by atoms with Crippen LogP contribution in [-0.2, 0) is 16.6 Å². The standard InChI is InChI=1S/C19H24N2O4S/c1-13-5-8-15(9-6-13)26(24,25)21-17-11-14(12-22)7-10-16(17)18(23)20-19(2,3)4/h5-11,21-22H,12H2,1-4H3,(H,20,23). The molecule has 0 aromatic heterocycles. The minimum atomic E-state index is -3.87. The molecule has 0 aliphatic heterocycles. The molecule has 0 atom stereocenters. The first-order valence-corrected chi connectivity index (χ1v) is 9.66. The van der Waals surface area contributed by atoms with Gasteiger partial charge in [0.15, 0.2) is 0 Å². The van der Waals surface area contributed by atoms with Gasteiger partial charge in [-0.15, -0.1) is 0 Å². The molecule has 0 unspecified atom stereocenters. The third-order valence-electron chi connectivity index (χ3n) is 3.58. The molecule has 2 aromatic rings. The monoisotopic (exact) mass is 376 g/mol. The summed E-state index contributed by atoms with van der Waals surface area (Å²) in [6.07, 6.45) is 0. The average Bonchev–Trinajstić information content (AvgIpc) is 2.53. The molecule has 2 rings (SSSR count). The van der Waals surface area contributed by atoms with E-state index in [-0.39, 0.29) is 22.8 Å². The lowest BCUT2D eigenvalue weighted by atomic mass is 10.1. The number of hydrogen-bond acceptors (Lipinski definition) is 4. The molecule has 0 aliphatic carbocycles. The molecule has 140 valence electrons. The van der Waals surface area contributed by atoms with Gasteiger partial charge < -0.3 is 10.4 Å². The fourth-order valence-electron chi connectivity index (χ4n) is 2.30. The molecule has 0 radical (unpaired) electrons. The minimum absolute atomic E-state index is 0.0969. The molecule has 6 nitrogen and oxygen atoms in total. The Labute approximate surface area is 154 Å². The summed E-state index contributed by atoms with van der Waals surface area (Å²) < 4.78 is 27.8. The SMILES string of the molecule is Cc1ccc(S(=O)(=O)Nc2cc(CO)ccc2C(=O)NC(C)(C)C)cc1. The first-order chi connectivity index (χ1) is 12.0. The lowest BCUT2D eigenvalue weighted by molar-refractivity contribution is 0.0920. The molecule has 0 bridgehead atoms. The van der Waals surface area contributed by atoms with E-state index >= 15 is 0 Å². The molecule has 0 spiro atoms. The van der Waals surface area contributed by atoms with Crippen LogP contribution in [0.3, 0.4) is 0 Å². The first kappa shape index (κ1) is 19.9. The molecule has 7 heteroatoms. The maximum atomic E-state index is 12.7. The fourth-order valence-corrected chi connectivity index (χ4v) is 3.37. The zero-order chi connectivity index (χ0) is 19.5. The predicted molar refractivity (Wildman–Crippen MR) is 102 cm³/mol. The van der Waals surface area contributed by atoms with E-state index in [1.807, 2.05) is 27.7 Å². The molecular formula is C19H24N2O4S. The van der Waals surface area contributed by atoms with Gasteiger partial charge in [-0.25, -0.2) is 8.42 Å². The van der Waals surface area contributed by atoms with Gasteiger partial charge in [0.25, 0.3) is 15.9 Å². The van der Waals surface area contributed by atoms with Crippen LogP contribution in [0.25, 0.3) is 0 Å². The largest absolute Gasteiger partial charge is 0.392 e. The van der Waals surface area contributed by atoms with Crippen LogP contribution in [0.5, 0.6) is 0 Å². The molecule has 1 amide bonds. The Bertz CT molecular complexity index is 898. The minimum Gasteiger partial charge on any atom is -0.392 e. The number of aliphatic hydroxyl groups excluding tert-OH is 1. The lowest BCUT2D eigenvalue weighted by Crippen LogP contribution is -2.40. The summed E-state index contributed by atoms with van der Waals surface area (Å²) in [5.74, 6) is -0.399. The van der Waals surface area contributed by atoms with Gasteiger partial charge in [0.05, 0.1) is 22.8 Å². The number of nitrogens with one attached hydrogen (secondary N) is 2.